The van der Waals surface area contributed by atoms with E-state index in [1.807, 2.05) is 6.92 Å². The van der Waals surface area contributed by atoms with E-state index >= 15 is 0 Å². The summed E-state index contributed by atoms with van der Waals surface area (Å²) in [6.45, 7) is 7.19. The van der Waals surface area contributed by atoms with Gasteiger partial charge in [-0.2, -0.15) is 0 Å². The van der Waals surface area contributed by atoms with Gasteiger partial charge in [0.05, 0.1) is 0 Å². The topological polar surface area (TPSA) is 65.5 Å². The first-order valence-corrected chi connectivity index (χ1v) is 6.07. The van der Waals surface area contributed by atoms with Gasteiger partial charge in [-0.05, 0) is 40.0 Å². The zero-order chi connectivity index (χ0) is 13.7. The van der Waals surface area contributed by atoms with Gasteiger partial charge in [0.1, 0.15) is 5.82 Å². The molecule has 0 bridgehead atoms. The fourth-order valence-corrected chi connectivity index (χ4v) is 1.58. The van der Waals surface area contributed by atoms with Gasteiger partial charge < -0.3 is 15.3 Å². The van der Waals surface area contributed by atoms with E-state index in [0.29, 0.717) is 11.9 Å². The molecule has 0 aromatic carbocycles. The maximum atomic E-state index is 10.8. The standard InChI is InChI=1S/C13H21N3O2/c1-9(2)16(4)8-10(3)14-12-7-5-6-11(15-12)13(17)18/h5-7,9-10H,8H2,1-4H3,(H,14,15)(H,17,18)/t10-/m1/s1. The SMILES string of the molecule is CC(C)N(C)C[C@@H](C)Nc1cccc(C(=O)O)n1. The normalized spacial score (nSPS) is 12.8. The third-order valence-corrected chi connectivity index (χ3v) is 2.81. The Hall–Kier alpha value is -1.62. The predicted octanol–water partition coefficient (Wildman–Crippen LogP) is 1.92. The smallest absolute Gasteiger partial charge is 0.354 e. The van der Waals surface area contributed by atoms with Crippen molar-refractivity contribution in [1.82, 2.24) is 9.88 Å². The second-order valence-electron chi connectivity index (χ2n) is 4.79. The van der Waals surface area contributed by atoms with Crippen LogP contribution in [0, 0.1) is 0 Å². The first kappa shape index (κ1) is 14.4. The minimum atomic E-state index is -1.01. The predicted molar refractivity (Wildman–Crippen MR) is 72.0 cm³/mol. The lowest BCUT2D eigenvalue weighted by molar-refractivity contribution is 0.0690. The number of nitrogens with zero attached hydrogens (tertiary/aromatic N) is 2. The summed E-state index contributed by atoms with van der Waals surface area (Å²) in [4.78, 5) is 17.1. The van der Waals surface area contributed by atoms with Crippen LogP contribution in [-0.2, 0) is 0 Å². The summed E-state index contributed by atoms with van der Waals surface area (Å²) in [5, 5.41) is 12.1. The molecule has 1 heterocycles. The highest BCUT2D eigenvalue weighted by atomic mass is 16.4. The maximum absolute atomic E-state index is 10.8. The van der Waals surface area contributed by atoms with Gasteiger partial charge in [0.15, 0.2) is 5.69 Å². The Bertz CT molecular complexity index is 407. The summed E-state index contributed by atoms with van der Waals surface area (Å²) in [6, 6.07) is 5.63. The Morgan fingerprint density at radius 3 is 2.67 bits per heavy atom. The summed E-state index contributed by atoms with van der Waals surface area (Å²) in [5.74, 6) is -0.412. The maximum Gasteiger partial charge on any atom is 0.354 e. The third-order valence-electron chi connectivity index (χ3n) is 2.81. The first-order chi connectivity index (χ1) is 8.40. The van der Waals surface area contributed by atoms with Crippen molar-refractivity contribution in [3.63, 3.8) is 0 Å². The van der Waals surface area contributed by atoms with Crippen molar-refractivity contribution in [2.75, 3.05) is 18.9 Å². The van der Waals surface area contributed by atoms with Gasteiger partial charge in [-0.1, -0.05) is 6.07 Å². The number of hydrogen-bond donors (Lipinski definition) is 2. The molecule has 18 heavy (non-hydrogen) atoms. The fourth-order valence-electron chi connectivity index (χ4n) is 1.58. The second kappa shape index (κ2) is 6.35. The molecule has 0 radical (unpaired) electrons. The molecule has 0 fully saturated rings. The number of pyridine rings is 1. The molecule has 1 aromatic rings. The molecule has 100 valence electrons. The average molecular weight is 251 g/mol. The Labute approximate surface area is 108 Å². The van der Waals surface area contributed by atoms with Crippen molar-refractivity contribution in [3.05, 3.63) is 23.9 Å². The summed E-state index contributed by atoms with van der Waals surface area (Å²) < 4.78 is 0. The van der Waals surface area contributed by atoms with E-state index in [-0.39, 0.29) is 11.7 Å². The highest BCUT2D eigenvalue weighted by Crippen LogP contribution is 2.07. The monoisotopic (exact) mass is 251 g/mol. The van der Waals surface area contributed by atoms with E-state index in [2.05, 4.69) is 36.1 Å². The van der Waals surface area contributed by atoms with Gasteiger partial charge in [-0.15, -0.1) is 0 Å². The number of aromatic nitrogens is 1. The Morgan fingerprint density at radius 1 is 1.44 bits per heavy atom. The number of nitrogens with one attached hydrogen (secondary N) is 1. The molecule has 1 atom stereocenters. The Balaban J connectivity index is 2.61. The average Bonchev–Trinajstić information content (AvgIpc) is 2.28. The Morgan fingerprint density at radius 2 is 2.11 bits per heavy atom. The van der Waals surface area contributed by atoms with E-state index in [0.717, 1.165) is 6.54 Å². The molecule has 0 aliphatic carbocycles. The molecule has 0 spiro atoms. The third kappa shape index (κ3) is 4.33. The molecule has 1 rings (SSSR count). The van der Waals surface area contributed by atoms with Crippen LogP contribution >= 0.6 is 0 Å². The van der Waals surface area contributed by atoms with Crippen LogP contribution in [0.25, 0.3) is 0 Å². The molecule has 0 unspecified atom stereocenters. The molecule has 0 aliphatic heterocycles. The molecular formula is C13H21N3O2. The minimum absolute atomic E-state index is 0.0596. The molecule has 5 heteroatoms. The van der Waals surface area contributed by atoms with Crippen molar-refractivity contribution in [3.8, 4) is 0 Å². The highest BCUT2D eigenvalue weighted by Gasteiger charge is 2.10. The van der Waals surface area contributed by atoms with Gasteiger partial charge in [0.2, 0.25) is 0 Å². The number of carbonyl (C=O) groups is 1. The van der Waals surface area contributed by atoms with Crippen LogP contribution in [0.4, 0.5) is 5.82 Å². The summed E-state index contributed by atoms with van der Waals surface area (Å²) in [7, 11) is 2.06. The number of carboxylic acids is 1. The molecule has 0 saturated heterocycles. The zero-order valence-electron chi connectivity index (χ0n) is 11.3. The fraction of sp³-hybridized carbons (Fsp3) is 0.538. The van der Waals surface area contributed by atoms with Crippen LogP contribution in [0.5, 0.6) is 0 Å². The van der Waals surface area contributed by atoms with Gasteiger partial charge in [0, 0.05) is 18.6 Å². The van der Waals surface area contributed by atoms with Crippen molar-refractivity contribution in [2.45, 2.75) is 32.9 Å². The molecular weight excluding hydrogens is 230 g/mol. The van der Waals surface area contributed by atoms with Gasteiger partial charge >= 0.3 is 5.97 Å². The number of carboxylic acid groups (broad SMARTS) is 1. The summed E-state index contributed by atoms with van der Waals surface area (Å²) in [5.41, 5.74) is 0.0596. The second-order valence-corrected chi connectivity index (χ2v) is 4.79. The number of anilines is 1. The lowest BCUT2D eigenvalue weighted by Gasteiger charge is -2.25. The number of rotatable bonds is 6. The highest BCUT2D eigenvalue weighted by molar-refractivity contribution is 5.85. The molecule has 0 amide bonds. The van der Waals surface area contributed by atoms with E-state index < -0.39 is 5.97 Å². The van der Waals surface area contributed by atoms with Crippen molar-refractivity contribution in [1.29, 1.82) is 0 Å². The van der Waals surface area contributed by atoms with Crippen molar-refractivity contribution in [2.24, 2.45) is 0 Å². The molecule has 0 saturated carbocycles. The van der Waals surface area contributed by atoms with Crippen LogP contribution < -0.4 is 5.32 Å². The van der Waals surface area contributed by atoms with Crippen molar-refractivity contribution >= 4 is 11.8 Å². The summed E-state index contributed by atoms with van der Waals surface area (Å²) >= 11 is 0. The summed E-state index contributed by atoms with van der Waals surface area (Å²) in [6.07, 6.45) is 0. The Kier molecular flexibility index (Phi) is 5.09. The number of hydrogen-bond acceptors (Lipinski definition) is 4. The van der Waals surface area contributed by atoms with Crippen LogP contribution in [0.3, 0.4) is 0 Å². The van der Waals surface area contributed by atoms with Gasteiger partial charge in [0.25, 0.3) is 0 Å². The van der Waals surface area contributed by atoms with Crippen molar-refractivity contribution < 1.29 is 9.90 Å². The largest absolute Gasteiger partial charge is 0.477 e. The van der Waals surface area contributed by atoms with Crippen LogP contribution in [0.15, 0.2) is 18.2 Å². The zero-order valence-corrected chi connectivity index (χ0v) is 11.3. The first-order valence-electron chi connectivity index (χ1n) is 6.07. The van der Waals surface area contributed by atoms with E-state index in [9.17, 15) is 4.79 Å². The van der Waals surface area contributed by atoms with Crippen LogP contribution in [0.1, 0.15) is 31.3 Å². The van der Waals surface area contributed by atoms with Gasteiger partial charge in [-0.25, -0.2) is 9.78 Å². The minimum Gasteiger partial charge on any atom is -0.477 e. The van der Waals surface area contributed by atoms with E-state index in [4.69, 9.17) is 5.11 Å². The lowest BCUT2D eigenvalue weighted by atomic mass is 10.2. The van der Waals surface area contributed by atoms with E-state index in [1.54, 1.807) is 12.1 Å². The quantitative estimate of drug-likeness (QED) is 0.808. The van der Waals surface area contributed by atoms with Crippen LogP contribution in [0.2, 0.25) is 0 Å². The number of likely N-dealkylation sites (N-methyl/N-ethyl adjacent to an activating group) is 1. The molecule has 1 aromatic heterocycles. The molecule has 2 N–H and O–H groups in total. The van der Waals surface area contributed by atoms with Crippen LogP contribution in [-0.4, -0.2) is 46.6 Å². The molecule has 0 aliphatic rings. The lowest BCUT2D eigenvalue weighted by Crippen LogP contribution is -2.36. The van der Waals surface area contributed by atoms with E-state index in [1.165, 1.54) is 6.07 Å². The number of aromatic carboxylic acids is 1. The molecule has 5 nitrogen and oxygen atoms in total. The van der Waals surface area contributed by atoms with Gasteiger partial charge in [-0.3, -0.25) is 0 Å².